The quantitative estimate of drug-likeness (QED) is 0.541. The van der Waals surface area contributed by atoms with E-state index >= 15 is 0 Å². The summed E-state index contributed by atoms with van der Waals surface area (Å²) in [5, 5.41) is 0. The van der Waals surface area contributed by atoms with E-state index in [4.69, 9.17) is 11.5 Å². The molecule has 60 valence electrons. The van der Waals surface area contributed by atoms with Gasteiger partial charge in [0.05, 0.1) is 0 Å². The molecule has 1 saturated heterocycles. The molecule has 2 atom stereocenters. The molecule has 3 heteroatoms. The molecule has 0 spiro atoms. The lowest BCUT2D eigenvalue weighted by Gasteiger charge is -2.20. The highest BCUT2D eigenvalue weighted by Crippen LogP contribution is 2.13. The summed E-state index contributed by atoms with van der Waals surface area (Å²) in [6.45, 7) is 5.01. The monoisotopic (exact) mass is 143 g/mol. The van der Waals surface area contributed by atoms with Crippen LogP contribution in [-0.2, 0) is 0 Å². The normalized spacial score (nSPS) is 35.1. The summed E-state index contributed by atoms with van der Waals surface area (Å²) in [6, 6.07) is 0.897. The van der Waals surface area contributed by atoms with Crippen molar-refractivity contribution in [2.75, 3.05) is 19.6 Å². The van der Waals surface area contributed by atoms with Gasteiger partial charge in [-0.15, -0.1) is 0 Å². The van der Waals surface area contributed by atoms with Crippen molar-refractivity contribution in [2.24, 2.45) is 11.5 Å². The first kappa shape index (κ1) is 7.98. The van der Waals surface area contributed by atoms with Crippen molar-refractivity contribution in [1.82, 2.24) is 4.90 Å². The van der Waals surface area contributed by atoms with Crippen LogP contribution in [0.25, 0.3) is 0 Å². The van der Waals surface area contributed by atoms with Crippen LogP contribution >= 0.6 is 0 Å². The van der Waals surface area contributed by atoms with E-state index in [1.165, 1.54) is 0 Å². The Morgan fingerprint density at radius 3 is 2.70 bits per heavy atom. The molecule has 1 heterocycles. The predicted molar refractivity (Wildman–Crippen MR) is 42.7 cm³/mol. The third-order valence-electron chi connectivity index (χ3n) is 2.24. The largest absolute Gasteiger partial charge is 0.329 e. The van der Waals surface area contributed by atoms with E-state index < -0.39 is 0 Å². The zero-order valence-corrected chi connectivity index (χ0v) is 6.59. The van der Waals surface area contributed by atoms with Crippen LogP contribution in [0.5, 0.6) is 0 Å². The second-order valence-electron chi connectivity index (χ2n) is 2.97. The van der Waals surface area contributed by atoms with Crippen molar-refractivity contribution in [3.05, 3.63) is 0 Å². The Kier molecular flexibility index (Phi) is 2.65. The molecule has 1 fully saturated rings. The van der Waals surface area contributed by atoms with Gasteiger partial charge in [-0.3, -0.25) is 4.90 Å². The van der Waals surface area contributed by atoms with E-state index in [1.54, 1.807) is 0 Å². The fourth-order valence-electron chi connectivity index (χ4n) is 1.66. The summed E-state index contributed by atoms with van der Waals surface area (Å²) in [7, 11) is 0. The SMILES string of the molecule is CCN1CC(N)CC1CN. The smallest absolute Gasteiger partial charge is 0.0234 e. The van der Waals surface area contributed by atoms with Crippen LogP contribution in [0.3, 0.4) is 0 Å². The first-order valence-electron chi connectivity index (χ1n) is 3.97. The number of nitrogens with two attached hydrogens (primary N) is 2. The van der Waals surface area contributed by atoms with Crippen molar-refractivity contribution >= 4 is 0 Å². The molecule has 0 aromatic rings. The summed E-state index contributed by atoms with van der Waals surface area (Å²) < 4.78 is 0. The summed E-state index contributed by atoms with van der Waals surface area (Å²) in [6.07, 6.45) is 1.07. The molecule has 1 rings (SSSR count). The van der Waals surface area contributed by atoms with E-state index in [9.17, 15) is 0 Å². The molecule has 0 saturated carbocycles. The lowest BCUT2D eigenvalue weighted by molar-refractivity contribution is 0.271. The molecular formula is C7H17N3. The Labute approximate surface area is 62.4 Å². The average Bonchev–Trinajstić information content (AvgIpc) is 2.30. The Morgan fingerprint density at radius 2 is 2.30 bits per heavy atom. The van der Waals surface area contributed by atoms with Gasteiger partial charge in [0.15, 0.2) is 0 Å². The van der Waals surface area contributed by atoms with Gasteiger partial charge >= 0.3 is 0 Å². The van der Waals surface area contributed by atoms with E-state index in [-0.39, 0.29) is 0 Å². The van der Waals surface area contributed by atoms with Crippen molar-refractivity contribution in [3.8, 4) is 0 Å². The van der Waals surface area contributed by atoms with E-state index in [0.29, 0.717) is 12.1 Å². The summed E-state index contributed by atoms with van der Waals surface area (Å²) in [5.74, 6) is 0. The lowest BCUT2D eigenvalue weighted by Crippen LogP contribution is -2.35. The van der Waals surface area contributed by atoms with E-state index in [1.807, 2.05) is 0 Å². The molecule has 0 radical (unpaired) electrons. The molecule has 10 heavy (non-hydrogen) atoms. The Bertz CT molecular complexity index is 93.0. The number of hydrogen-bond donors (Lipinski definition) is 2. The van der Waals surface area contributed by atoms with Crippen LogP contribution < -0.4 is 11.5 Å². The summed E-state index contributed by atoms with van der Waals surface area (Å²) in [4.78, 5) is 2.35. The molecule has 0 bridgehead atoms. The highest BCUT2D eigenvalue weighted by Gasteiger charge is 2.26. The van der Waals surface area contributed by atoms with Crippen LogP contribution in [-0.4, -0.2) is 36.6 Å². The lowest BCUT2D eigenvalue weighted by atomic mass is 10.2. The standard InChI is InChI=1S/C7H17N3/c1-2-10-5-6(9)3-7(10)4-8/h6-7H,2-5,8-9H2,1H3. The van der Waals surface area contributed by atoms with Crippen molar-refractivity contribution in [2.45, 2.75) is 25.4 Å². The topological polar surface area (TPSA) is 55.3 Å². The Balaban J connectivity index is 2.41. The van der Waals surface area contributed by atoms with Crippen molar-refractivity contribution < 1.29 is 0 Å². The highest BCUT2D eigenvalue weighted by atomic mass is 15.2. The molecular weight excluding hydrogens is 126 g/mol. The van der Waals surface area contributed by atoms with Crippen LogP contribution in [0.2, 0.25) is 0 Å². The van der Waals surface area contributed by atoms with Gasteiger partial charge in [0, 0.05) is 25.2 Å². The van der Waals surface area contributed by atoms with Crippen LogP contribution in [0.15, 0.2) is 0 Å². The molecule has 1 aliphatic heterocycles. The maximum absolute atomic E-state index is 5.77. The molecule has 0 aliphatic carbocycles. The zero-order valence-electron chi connectivity index (χ0n) is 6.59. The molecule has 1 aliphatic rings. The van der Waals surface area contributed by atoms with Gasteiger partial charge in [-0.25, -0.2) is 0 Å². The van der Waals surface area contributed by atoms with Gasteiger partial charge in [-0.2, -0.15) is 0 Å². The van der Waals surface area contributed by atoms with Crippen molar-refractivity contribution in [3.63, 3.8) is 0 Å². The second kappa shape index (κ2) is 3.32. The maximum atomic E-state index is 5.77. The average molecular weight is 143 g/mol. The van der Waals surface area contributed by atoms with Crippen LogP contribution in [0.1, 0.15) is 13.3 Å². The fourth-order valence-corrected chi connectivity index (χ4v) is 1.66. The zero-order chi connectivity index (χ0) is 7.56. The van der Waals surface area contributed by atoms with E-state index in [2.05, 4.69) is 11.8 Å². The Hall–Kier alpha value is -0.120. The number of rotatable bonds is 2. The minimum absolute atomic E-state index is 0.355. The van der Waals surface area contributed by atoms with Crippen LogP contribution in [0.4, 0.5) is 0 Å². The van der Waals surface area contributed by atoms with Gasteiger partial charge < -0.3 is 11.5 Å². The molecule has 0 aromatic heterocycles. The summed E-state index contributed by atoms with van der Waals surface area (Å²) >= 11 is 0. The molecule has 0 aromatic carbocycles. The number of nitrogens with zero attached hydrogens (tertiary/aromatic N) is 1. The summed E-state index contributed by atoms with van der Waals surface area (Å²) in [5.41, 5.74) is 11.3. The molecule has 4 N–H and O–H groups in total. The fraction of sp³-hybridized carbons (Fsp3) is 1.00. The molecule has 0 amide bonds. The number of hydrogen-bond acceptors (Lipinski definition) is 3. The third kappa shape index (κ3) is 1.48. The minimum Gasteiger partial charge on any atom is -0.329 e. The van der Waals surface area contributed by atoms with E-state index in [0.717, 1.165) is 26.1 Å². The third-order valence-corrected chi connectivity index (χ3v) is 2.24. The Morgan fingerprint density at radius 1 is 1.60 bits per heavy atom. The van der Waals surface area contributed by atoms with Gasteiger partial charge in [0.1, 0.15) is 0 Å². The first-order valence-corrected chi connectivity index (χ1v) is 3.97. The predicted octanol–water partition coefficient (Wildman–Crippen LogP) is -0.633. The minimum atomic E-state index is 0.355. The van der Waals surface area contributed by atoms with Gasteiger partial charge in [0.25, 0.3) is 0 Å². The molecule has 2 unspecified atom stereocenters. The molecule has 3 nitrogen and oxygen atoms in total. The van der Waals surface area contributed by atoms with Gasteiger partial charge in [-0.1, -0.05) is 6.92 Å². The maximum Gasteiger partial charge on any atom is 0.0234 e. The van der Waals surface area contributed by atoms with Gasteiger partial charge in [-0.05, 0) is 13.0 Å². The number of likely N-dealkylation sites (tertiary alicyclic amines) is 1. The second-order valence-corrected chi connectivity index (χ2v) is 2.97. The highest BCUT2D eigenvalue weighted by molar-refractivity contribution is 4.86. The van der Waals surface area contributed by atoms with Crippen LogP contribution in [0, 0.1) is 0 Å². The first-order chi connectivity index (χ1) is 4.77. The van der Waals surface area contributed by atoms with Gasteiger partial charge in [0.2, 0.25) is 0 Å². The van der Waals surface area contributed by atoms with Crippen molar-refractivity contribution in [1.29, 1.82) is 0 Å². The number of likely N-dealkylation sites (N-methyl/N-ethyl adjacent to an activating group) is 1.